The van der Waals surface area contributed by atoms with Gasteiger partial charge in [0.25, 0.3) is 5.91 Å². The first-order chi connectivity index (χ1) is 12.7. The number of benzene rings is 1. The van der Waals surface area contributed by atoms with E-state index in [1.165, 1.54) is 16.9 Å². The van der Waals surface area contributed by atoms with Gasteiger partial charge in [0, 0.05) is 38.8 Å². The van der Waals surface area contributed by atoms with Crippen molar-refractivity contribution in [1.29, 1.82) is 0 Å². The second-order valence-electron chi connectivity index (χ2n) is 6.96. The Kier molecular flexibility index (Phi) is 6.83. The molecule has 0 radical (unpaired) electrons. The van der Waals surface area contributed by atoms with E-state index in [0.29, 0.717) is 6.04 Å². The van der Waals surface area contributed by atoms with Crippen LogP contribution in [0.5, 0.6) is 0 Å². The lowest BCUT2D eigenvalue weighted by atomic mass is 10.0. The first kappa shape index (κ1) is 19.1. The van der Waals surface area contributed by atoms with Gasteiger partial charge in [0.2, 0.25) is 0 Å². The minimum atomic E-state index is 0.0786. The molecular formula is C21H29N3OS. The van der Waals surface area contributed by atoms with Crippen LogP contribution >= 0.6 is 11.3 Å². The number of nitrogens with zero attached hydrogens (tertiary/aromatic N) is 2. The summed E-state index contributed by atoms with van der Waals surface area (Å²) in [6, 6.07) is 13.3. The standard InChI is InChI=1S/C21H29N3OS/c1-3-17-10-15-26-20(17)21(25)22-11-7-12-24-14-13-23(2)16-19(24)18-8-5-4-6-9-18/h4-6,8-10,15,19H,3,7,11-14,16H2,1-2H3,(H,22,25). The van der Waals surface area contributed by atoms with Crippen LogP contribution in [0.1, 0.15) is 40.2 Å². The van der Waals surface area contributed by atoms with E-state index in [1.807, 2.05) is 11.4 Å². The van der Waals surface area contributed by atoms with E-state index in [-0.39, 0.29) is 5.91 Å². The van der Waals surface area contributed by atoms with Crippen LogP contribution in [-0.4, -0.2) is 55.5 Å². The van der Waals surface area contributed by atoms with E-state index in [0.717, 1.165) is 56.0 Å². The fourth-order valence-corrected chi connectivity index (χ4v) is 4.51. The summed E-state index contributed by atoms with van der Waals surface area (Å²) >= 11 is 1.54. The van der Waals surface area contributed by atoms with Gasteiger partial charge in [-0.1, -0.05) is 37.3 Å². The van der Waals surface area contributed by atoms with E-state index >= 15 is 0 Å². The molecule has 2 aromatic rings. The maximum atomic E-state index is 12.3. The molecule has 1 fully saturated rings. The van der Waals surface area contributed by atoms with Crippen LogP contribution in [0.15, 0.2) is 41.8 Å². The van der Waals surface area contributed by atoms with Gasteiger partial charge in [-0.25, -0.2) is 0 Å². The molecule has 3 rings (SSSR count). The zero-order chi connectivity index (χ0) is 18.4. The van der Waals surface area contributed by atoms with Gasteiger partial charge in [0.1, 0.15) is 0 Å². The van der Waals surface area contributed by atoms with Crippen LogP contribution < -0.4 is 5.32 Å². The van der Waals surface area contributed by atoms with Crippen molar-refractivity contribution in [2.75, 3.05) is 39.8 Å². The minimum absolute atomic E-state index is 0.0786. The SMILES string of the molecule is CCc1ccsc1C(=O)NCCCN1CCN(C)CC1c1ccccc1. The van der Waals surface area contributed by atoms with Crippen LogP contribution in [0.2, 0.25) is 0 Å². The normalized spacial score (nSPS) is 18.8. The second-order valence-corrected chi connectivity index (χ2v) is 7.88. The molecule has 140 valence electrons. The van der Waals surface area contributed by atoms with Crippen molar-refractivity contribution >= 4 is 17.2 Å². The average molecular weight is 372 g/mol. The number of thiophene rings is 1. The third kappa shape index (κ3) is 4.72. The highest BCUT2D eigenvalue weighted by Crippen LogP contribution is 2.24. The van der Waals surface area contributed by atoms with Gasteiger partial charge in [-0.2, -0.15) is 0 Å². The van der Waals surface area contributed by atoms with Gasteiger partial charge in [-0.05, 0) is 42.5 Å². The molecule has 1 unspecified atom stereocenters. The van der Waals surface area contributed by atoms with E-state index < -0.39 is 0 Å². The first-order valence-electron chi connectivity index (χ1n) is 9.51. The minimum Gasteiger partial charge on any atom is -0.351 e. The molecule has 0 saturated carbocycles. The number of hydrogen-bond donors (Lipinski definition) is 1. The maximum absolute atomic E-state index is 12.3. The highest BCUT2D eigenvalue weighted by Gasteiger charge is 2.26. The predicted octanol–water partition coefficient (Wildman–Crippen LogP) is 3.42. The lowest BCUT2D eigenvalue weighted by molar-refractivity contribution is 0.0866. The van der Waals surface area contributed by atoms with Crippen molar-refractivity contribution < 1.29 is 4.79 Å². The van der Waals surface area contributed by atoms with E-state index in [4.69, 9.17) is 0 Å². The predicted molar refractivity (Wildman–Crippen MR) is 109 cm³/mol. The fraction of sp³-hybridized carbons (Fsp3) is 0.476. The largest absolute Gasteiger partial charge is 0.351 e. The summed E-state index contributed by atoms with van der Waals surface area (Å²) in [4.78, 5) is 18.2. The zero-order valence-corrected chi connectivity index (χ0v) is 16.6. The summed E-state index contributed by atoms with van der Waals surface area (Å²) in [5.74, 6) is 0.0786. The van der Waals surface area contributed by atoms with E-state index in [2.05, 4.69) is 59.4 Å². The second kappa shape index (κ2) is 9.31. The van der Waals surface area contributed by atoms with Crippen molar-refractivity contribution in [3.63, 3.8) is 0 Å². The Morgan fingerprint density at radius 3 is 2.81 bits per heavy atom. The van der Waals surface area contributed by atoms with Gasteiger partial charge in [0.15, 0.2) is 0 Å². The van der Waals surface area contributed by atoms with Gasteiger partial charge in [-0.15, -0.1) is 11.3 Å². The molecule has 1 saturated heterocycles. The van der Waals surface area contributed by atoms with Crippen molar-refractivity contribution in [3.8, 4) is 0 Å². The summed E-state index contributed by atoms with van der Waals surface area (Å²) < 4.78 is 0. The number of carbonyl (C=O) groups excluding carboxylic acids is 1. The summed E-state index contributed by atoms with van der Waals surface area (Å²) in [7, 11) is 2.19. The average Bonchev–Trinajstić information content (AvgIpc) is 3.15. The molecule has 4 nitrogen and oxygen atoms in total. The number of likely N-dealkylation sites (N-methyl/N-ethyl adjacent to an activating group) is 1. The molecule has 1 N–H and O–H groups in total. The van der Waals surface area contributed by atoms with Crippen molar-refractivity contribution in [2.24, 2.45) is 0 Å². The third-order valence-corrected chi connectivity index (χ3v) is 6.08. The number of rotatable bonds is 7. The topological polar surface area (TPSA) is 35.6 Å². The fourth-order valence-electron chi connectivity index (χ4n) is 3.59. The Balaban J connectivity index is 1.51. The summed E-state index contributed by atoms with van der Waals surface area (Å²) in [6.45, 7) is 7.08. The molecule has 1 aromatic carbocycles. The zero-order valence-electron chi connectivity index (χ0n) is 15.8. The lowest BCUT2D eigenvalue weighted by Crippen LogP contribution is -2.47. The molecule has 1 aliphatic rings. The molecular weight excluding hydrogens is 342 g/mol. The van der Waals surface area contributed by atoms with Crippen molar-refractivity contribution in [2.45, 2.75) is 25.8 Å². The Hall–Kier alpha value is -1.69. The highest BCUT2D eigenvalue weighted by molar-refractivity contribution is 7.12. The van der Waals surface area contributed by atoms with Crippen LogP contribution in [-0.2, 0) is 6.42 Å². The van der Waals surface area contributed by atoms with Crippen LogP contribution in [0.4, 0.5) is 0 Å². The van der Waals surface area contributed by atoms with Crippen LogP contribution in [0, 0.1) is 0 Å². The number of piperazine rings is 1. The van der Waals surface area contributed by atoms with Crippen molar-refractivity contribution in [1.82, 2.24) is 15.1 Å². The lowest BCUT2D eigenvalue weighted by Gasteiger charge is -2.40. The number of hydrogen-bond acceptors (Lipinski definition) is 4. The van der Waals surface area contributed by atoms with Gasteiger partial charge >= 0.3 is 0 Å². The summed E-state index contributed by atoms with van der Waals surface area (Å²) in [6.07, 6.45) is 1.89. The highest BCUT2D eigenvalue weighted by atomic mass is 32.1. The smallest absolute Gasteiger partial charge is 0.261 e. The van der Waals surface area contributed by atoms with Gasteiger partial charge < -0.3 is 10.2 Å². The van der Waals surface area contributed by atoms with Crippen LogP contribution in [0.25, 0.3) is 0 Å². The number of amides is 1. The molecule has 2 heterocycles. The molecule has 0 bridgehead atoms. The van der Waals surface area contributed by atoms with Crippen molar-refractivity contribution in [3.05, 3.63) is 57.8 Å². The molecule has 26 heavy (non-hydrogen) atoms. The molecule has 1 aliphatic heterocycles. The quantitative estimate of drug-likeness (QED) is 0.758. The monoisotopic (exact) mass is 371 g/mol. The van der Waals surface area contributed by atoms with Gasteiger partial charge in [-0.3, -0.25) is 9.69 Å². The molecule has 0 aliphatic carbocycles. The Morgan fingerprint density at radius 1 is 1.23 bits per heavy atom. The number of aryl methyl sites for hydroxylation is 1. The summed E-state index contributed by atoms with van der Waals surface area (Å²) in [5.41, 5.74) is 2.53. The van der Waals surface area contributed by atoms with E-state index in [1.54, 1.807) is 0 Å². The Morgan fingerprint density at radius 2 is 2.04 bits per heavy atom. The maximum Gasteiger partial charge on any atom is 0.261 e. The third-order valence-electron chi connectivity index (χ3n) is 5.12. The Labute approximate surface area is 160 Å². The molecule has 1 amide bonds. The van der Waals surface area contributed by atoms with E-state index in [9.17, 15) is 4.79 Å². The van der Waals surface area contributed by atoms with Gasteiger partial charge in [0.05, 0.1) is 4.88 Å². The molecule has 1 aromatic heterocycles. The molecule has 1 atom stereocenters. The Bertz CT molecular complexity index is 700. The van der Waals surface area contributed by atoms with Crippen LogP contribution in [0.3, 0.4) is 0 Å². The molecule has 5 heteroatoms. The summed E-state index contributed by atoms with van der Waals surface area (Å²) in [5, 5.41) is 5.10. The first-order valence-corrected chi connectivity index (χ1v) is 10.4. The number of carbonyl (C=O) groups is 1. The number of nitrogens with one attached hydrogen (secondary N) is 1. The molecule has 0 spiro atoms.